The minimum absolute atomic E-state index is 0.157. The maximum Gasteiger partial charge on any atom is 0.220 e. The Morgan fingerprint density at radius 3 is 2.80 bits per heavy atom. The van der Waals surface area contributed by atoms with E-state index in [0.717, 1.165) is 18.6 Å². The number of aliphatic hydroxyl groups is 1. The van der Waals surface area contributed by atoms with Crippen molar-refractivity contribution in [3.63, 3.8) is 0 Å². The number of nitrogens with one attached hydrogen (secondary N) is 1. The molecule has 6 heteroatoms. The molecule has 0 aliphatic rings. The Morgan fingerprint density at radius 1 is 1.40 bits per heavy atom. The third-order valence-electron chi connectivity index (χ3n) is 2.65. The molecule has 1 unspecified atom stereocenters. The van der Waals surface area contributed by atoms with Crippen molar-refractivity contribution >= 4 is 17.7 Å². The van der Waals surface area contributed by atoms with Gasteiger partial charge in [0.05, 0.1) is 6.10 Å². The lowest BCUT2D eigenvalue weighted by Crippen LogP contribution is -2.32. The number of thioether (sulfide) groups is 1. The first kappa shape index (κ1) is 16.9. The lowest BCUT2D eigenvalue weighted by molar-refractivity contribution is -0.121. The topological polar surface area (TPSA) is 49.3 Å². The zero-order valence-electron chi connectivity index (χ0n) is 11.4. The summed E-state index contributed by atoms with van der Waals surface area (Å²) in [6.45, 7) is 2.21. The van der Waals surface area contributed by atoms with E-state index in [1.54, 1.807) is 0 Å². The van der Waals surface area contributed by atoms with Gasteiger partial charge in [0, 0.05) is 23.6 Å². The monoisotopic (exact) mass is 303 g/mol. The highest BCUT2D eigenvalue weighted by atomic mass is 32.2. The fourth-order valence-corrected chi connectivity index (χ4v) is 2.46. The maximum absolute atomic E-state index is 13.0. The van der Waals surface area contributed by atoms with Crippen LogP contribution in [0.15, 0.2) is 23.1 Å². The normalized spacial score (nSPS) is 12.2. The fraction of sp³-hybridized carbons (Fsp3) is 0.500. The van der Waals surface area contributed by atoms with Crippen molar-refractivity contribution < 1.29 is 18.7 Å². The van der Waals surface area contributed by atoms with Gasteiger partial charge in [-0.05, 0) is 24.6 Å². The quantitative estimate of drug-likeness (QED) is 0.726. The molecule has 1 aromatic rings. The van der Waals surface area contributed by atoms with Crippen LogP contribution in [-0.2, 0) is 4.79 Å². The van der Waals surface area contributed by atoms with Crippen molar-refractivity contribution in [2.24, 2.45) is 0 Å². The van der Waals surface area contributed by atoms with E-state index in [0.29, 0.717) is 17.1 Å². The number of amides is 1. The highest BCUT2D eigenvalue weighted by molar-refractivity contribution is 7.99. The van der Waals surface area contributed by atoms with E-state index in [2.05, 4.69) is 5.32 Å². The number of hydrogen-bond acceptors (Lipinski definition) is 3. The minimum atomic E-state index is -0.887. The van der Waals surface area contributed by atoms with E-state index >= 15 is 0 Å². The molecule has 0 aliphatic heterocycles. The average molecular weight is 303 g/mol. The molecule has 2 N–H and O–H groups in total. The van der Waals surface area contributed by atoms with E-state index in [1.165, 1.54) is 17.8 Å². The van der Waals surface area contributed by atoms with Crippen LogP contribution in [0.3, 0.4) is 0 Å². The van der Waals surface area contributed by atoms with Gasteiger partial charge in [0.15, 0.2) is 11.6 Å². The fourth-order valence-electron chi connectivity index (χ4n) is 1.58. The molecular weight excluding hydrogens is 284 g/mol. The molecule has 0 saturated carbocycles. The summed E-state index contributed by atoms with van der Waals surface area (Å²) in [6.07, 6.45) is 1.28. The second-order valence-corrected chi connectivity index (χ2v) is 5.59. The summed E-state index contributed by atoms with van der Waals surface area (Å²) in [5.74, 6) is -1.45. The van der Waals surface area contributed by atoms with E-state index in [9.17, 15) is 18.7 Å². The third-order valence-corrected chi connectivity index (χ3v) is 3.64. The summed E-state index contributed by atoms with van der Waals surface area (Å²) in [5.41, 5.74) is 0. The van der Waals surface area contributed by atoms with Gasteiger partial charge in [-0.3, -0.25) is 4.79 Å². The Bertz CT molecular complexity index is 443. The summed E-state index contributed by atoms with van der Waals surface area (Å²) in [6, 6.07) is 3.66. The molecule has 0 radical (unpaired) electrons. The SMILES string of the molecule is CCCC(O)CNC(=O)CCSc1ccc(F)c(F)c1. The lowest BCUT2D eigenvalue weighted by atomic mass is 10.2. The first-order valence-electron chi connectivity index (χ1n) is 6.55. The van der Waals surface area contributed by atoms with Gasteiger partial charge < -0.3 is 10.4 Å². The molecule has 0 heterocycles. The maximum atomic E-state index is 13.0. The summed E-state index contributed by atoms with van der Waals surface area (Å²) < 4.78 is 25.7. The molecule has 20 heavy (non-hydrogen) atoms. The highest BCUT2D eigenvalue weighted by Gasteiger charge is 2.07. The van der Waals surface area contributed by atoms with Crippen molar-refractivity contribution in [1.82, 2.24) is 5.32 Å². The Morgan fingerprint density at radius 2 is 2.15 bits per heavy atom. The van der Waals surface area contributed by atoms with Crippen LogP contribution in [0.5, 0.6) is 0 Å². The minimum Gasteiger partial charge on any atom is -0.391 e. The largest absolute Gasteiger partial charge is 0.391 e. The standard InChI is InChI=1S/C14H19F2NO2S/c1-2-3-10(18)9-17-14(19)6-7-20-11-4-5-12(15)13(16)8-11/h4-5,8,10,18H,2-3,6-7,9H2,1H3,(H,17,19). The number of carbonyl (C=O) groups is 1. The van der Waals surface area contributed by atoms with Gasteiger partial charge in [-0.2, -0.15) is 0 Å². The Kier molecular flexibility index (Phi) is 7.54. The first-order valence-corrected chi connectivity index (χ1v) is 7.54. The van der Waals surface area contributed by atoms with E-state index < -0.39 is 17.7 Å². The number of benzene rings is 1. The molecule has 1 aromatic carbocycles. The van der Waals surface area contributed by atoms with Crippen LogP contribution in [0.25, 0.3) is 0 Å². The number of hydrogen-bond donors (Lipinski definition) is 2. The number of aliphatic hydroxyl groups excluding tert-OH is 1. The highest BCUT2D eigenvalue weighted by Crippen LogP contribution is 2.20. The van der Waals surface area contributed by atoms with Gasteiger partial charge in [-0.1, -0.05) is 13.3 Å². The number of carbonyl (C=O) groups excluding carboxylic acids is 1. The zero-order valence-corrected chi connectivity index (χ0v) is 12.2. The van der Waals surface area contributed by atoms with Crippen molar-refractivity contribution in [2.45, 2.75) is 37.2 Å². The van der Waals surface area contributed by atoms with E-state index in [-0.39, 0.29) is 18.9 Å². The second kappa shape index (κ2) is 8.92. The van der Waals surface area contributed by atoms with Crippen LogP contribution in [0.1, 0.15) is 26.2 Å². The van der Waals surface area contributed by atoms with Crippen LogP contribution in [0.2, 0.25) is 0 Å². The summed E-state index contributed by atoms with van der Waals surface area (Å²) in [4.78, 5) is 12.1. The Hall–Kier alpha value is -1.14. The number of rotatable bonds is 8. The first-order chi connectivity index (χ1) is 9.52. The smallest absolute Gasteiger partial charge is 0.220 e. The lowest BCUT2D eigenvalue weighted by Gasteiger charge is -2.10. The predicted octanol–water partition coefficient (Wildman–Crippen LogP) is 2.72. The van der Waals surface area contributed by atoms with Gasteiger partial charge in [0.25, 0.3) is 0 Å². The molecule has 0 spiro atoms. The molecular formula is C14H19F2NO2S. The molecule has 3 nitrogen and oxygen atoms in total. The van der Waals surface area contributed by atoms with Gasteiger partial charge in [-0.15, -0.1) is 11.8 Å². The molecule has 1 rings (SSSR count). The van der Waals surface area contributed by atoms with E-state index in [1.807, 2.05) is 6.92 Å². The molecule has 0 fully saturated rings. The van der Waals surface area contributed by atoms with Gasteiger partial charge >= 0.3 is 0 Å². The van der Waals surface area contributed by atoms with Crippen LogP contribution in [0.4, 0.5) is 8.78 Å². The van der Waals surface area contributed by atoms with Crippen molar-refractivity contribution in [2.75, 3.05) is 12.3 Å². The Balaban J connectivity index is 2.23. The van der Waals surface area contributed by atoms with Gasteiger partial charge in [0.1, 0.15) is 0 Å². The number of halogens is 2. The molecule has 1 atom stereocenters. The summed E-state index contributed by atoms with van der Waals surface area (Å²) in [7, 11) is 0. The summed E-state index contributed by atoms with van der Waals surface area (Å²) in [5, 5.41) is 12.1. The zero-order chi connectivity index (χ0) is 15.0. The van der Waals surface area contributed by atoms with Crippen molar-refractivity contribution in [3.8, 4) is 0 Å². The van der Waals surface area contributed by atoms with Crippen molar-refractivity contribution in [1.29, 1.82) is 0 Å². The van der Waals surface area contributed by atoms with Gasteiger partial charge in [-0.25, -0.2) is 8.78 Å². The van der Waals surface area contributed by atoms with E-state index in [4.69, 9.17) is 0 Å². The van der Waals surface area contributed by atoms with Crippen LogP contribution < -0.4 is 5.32 Å². The third kappa shape index (κ3) is 6.34. The van der Waals surface area contributed by atoms with Crippen LogP contribution in [-0.4, -0.2) is 29.4 Å². The molecule has 0 aliphatic carbocycles. The summed E-state index contributed by atoms with van der Waals surface area (Å²) >= 11 is 1.29. The molecule has 1 amide bonds. The molecule has 112 valence electrons. The van der Waals surface area contributed by atoms with Gasteiger partial charge in [0.2, 0.25) is 5.91 Å². The Labute approximate surface area is 121 Å². The second-order valence-electron chi connectivity index (χ2n) is 4.42. The molecule has 0 bridgehead atoms. The van der Waals surface area contributed by atoms with Crippen molar-refractivity contribution in [3.05, 3.63) is 29.8 Å². The molecule has 0 aromatic heterocycles. The van der Waals surface area contributed by atoms with Crippen LogP contribution in [0, 0.1) is 11.6 Å². The average Bonchev–Trinajstić information content (AvgIpc) is 2.41. The molecule has 0 saturated heterocycles. The predicted molar refractivity (Wildman–Crippen MR) is 75.6 cm³/mol. The van der Waals surface area contributed by atoms with Crippen LogP contribution >= 0.6 is 11.8 Å².